The van der Waals surface area contributed by atoms with Gasteiger partial charge in [0.25, 0.3) is 0 Å². The molecule has 2 saturated heterocycles. The molecule has 0 bridgehead atoms. The molecular weight excluding hydrogens is 320 g/mol. The highest BCUT2D eigenvalue weighted by Crippen LogP contribution is 2.69. The number of hydrogen-bond acceptors (Lipinski definition) is 6. The third-order valence-corrected chi connectivity index (χ3v) is 6.56. The SMILES string of the molecule is COC1(OC)[C@@H]2C(=O)O[C@@H]3C[C@@H]4OC(=O)[C@@]1(Br)[C@@H]4[C@H]23. The van der Waals surface area contributed by atoms with Crippen LogP contribution in [-0.4, -0.2) is 48.5 Å². The van der Waals surface area contributed by atoms with Crippen LogP contribution in [0, 0.1) is 17.8 Å². The van der Waals surface area contributed by atoms with Gasteiger partial charge in [0.05, 0.1) is 0 Å². The fourth-order valence-corrected chi connectivity index (χ4v) is 5.85. The fraction of sp³-hybridized carbons (Fsp3) is 0.833. The molecule has 4 aliphatic rings. The Bertz CT molecular complexity index is 489. The van der Waals surface area contributed by atoms with Gasteiger partial charge in [0.2, 0.25) is 5.79 Å². The number of hydrogen-bond donors (Lipinski definition) is 0. The number of halogens is 1. The summed E-state index contributed by atoms with van der Waals surface area (Å²) in [6.45, 7) is 0. The largest absolute Gasteiger partial charge is 0.462 e. The van der Waals surface area contributed by atoms with Gasteiger partial charge in [0.15, 0.2) is 4.32 Å². The van der Waals surface area contributed by atoms with Crippen molar-refractivity contribution in [3.05, 3.63) is 0 Å². The second-order valence-electron chi connectivity index (χ2n) is 5.52. The molecule has 7 heteroatoms. The van der Waals surface area contributed by atoms with Gasteiger partial charge in [-0.1, -0.05) is 15.9 Å². The van der Waals surface area contributed by atoms with Crippen molar-refractivity contribution < 1.29 is 28.5 Å². The molecule has 2 aliphatic heterocycles. The van der Waals surface area contributed by atoms with E-state index in [0.29, 0.717) is 6.42 Å². The van der Waals surface area contributed by atoms with Crippen molar-refractivity contribution in [1.82, 2.24) is 0 Å². The summed E-state index contributed by atoms with van der Waals surface area (Å²) in [5.41, 5.74) is 0. The third-order valence-electron chi connectivity index (χ3n) is 5.15. The Labute approximate surface area is 117 Å². The minimum Gasteiger partial charge on any atom is -0.462 e. The van der Waals surface area contributed by atoms with Gasteiger partial charge in [-0.3, -0.25) is 9.59 Å². The highest BCUT2D eigenvalue weighted by molar-refractivity contribution is 9.10. The molecule has 6 nitrogen and oxygen atoms in total. The first-order valence-electron chi connectivity index (χ1n) is 6.22. The van der Waals surface area contributed by atoms with Gasteiger partial charge in [-0.25, -0.2) is 0 Å². The van der Waals surface area contributed by atoms with Gasteiger partial charge in [-0.2, -0.15) is 0 Å². The average molecular weight is 333 g/mol. The predicted octanol–water partition coefficient (Wildman–Crippen LogP) is 0.226. The molecule has 6 atom stereocenters. The first-order chi connectivity index (χ1) is 9.01. The summed E-state index contributed by atoms with van der Waals surface area (Å²) in [5.74, 6) is -2.95. The number of carbonyl (C=O) groups is 2. The molecule has 2 saturated carbocycles. The molecule has 0 radical (unpaired) electrons. The van der Waals surface area contributed by atoms with E-state index in [2.05, 4.69) is 15.9 Å². The lowest BCUT2D eigenvalue weighted by atomic mass is 9.91. The second-order valence-corrected chi connectivity index (χ2v) is 6.77. The van der Waals surface area contributed by atoms with Gasteiger partial charge >= 0.3 is 11.9 Å². The van der Waals surface area contributed by atoms with Gasteiger partial charge < -0.3 is 18.9 Å². The van der Waals surface area contributed by atoms with Gasteiger partial charge in [-0.15, -0.1) is 0 Å². The van der Waals surface area contributed by atoms with Crippen LogP contribution in [-0.2, 0) is 28.5 Å². The zero-order valence-corrected chi connectivity index (χ0v) is 12.0. The van der Waals surface area contributed by atoms with E-state index in [1.54, 1.807) is 0 Å². The van der Waals surface area contributed by atoms with E-state index in [-0.39, 0.29) is 30.0 Å². The van der Waals surface area contributed by atoms with Crippen molar-refractivity contribution in [1.29, 1.82) is 0 Å². The normalized spacial score (nSPS) is 52.3. The minimum atomic E-state index is -1.36. The summed E-state index contributed by atoms with van der Waals surface area (Å²) in [6, 6.07) is 0. The maximum absolute atomic E-state index is 12.3. The number of methoxy groups -OCH3 is 2. The molecule has 0 aromatic rings. The van der Waals surface area contributed by atoms with Crippen LogP contribution in [0.2, 0.25) is 0 Å². The molecule has 0 aromatic carbocycles. The van der Waals surface area contributed by atoms with Gasteiger partial charge in [-0.05, 0) is 0 Å². The Hall–Kier alpha value is -0.660. The quantitative estimate of drug-likeness (QED) is 0.409. The van der Waals surface area contributed by atoms with E-state index >= 15 is 0 Å². The maximum Gasteiger partial charge on any atom is 0.329 e. The monoisotopic (exact) mass is 332 g/mol. The van der Waals surface area contributed by atoms with E-state index in [9.17, 15) is 9.59 Å². The molecule has 2 heterocycles. The summed E-state index contributed by atoms with van der Waals surface area (Å²) in [5, 5.41) is 0. The topological polar surface area (TPSA) is 71.1 Å². The smallest absolute Gasteiger partial charge is 0.329 e. The Morgan fingerprint density at radius 2 is 1.89 bits per heavy atom. The van der Waals surface area contributed by atoms with Crippen molar-refractivity contribution in [3.63, 3.8) is 0 Å². The third kappa shape index (κ3) is 0.986. The molecule has 2 aliphatic carbocycles. The number of esters is 2. The lowest BCUT2D eigenvalue weighted by Crippen LogP contribution is -2.58. The standard InChI is InChI=1S/C12H13BrO6/c1-16-12(17-2)8-6-4(18-9(8)14)3-5-7(6)11(12,13)10(15)19-5/h4-8H,3H2,1-2H3/t4-,5+,6-,7+,8+,11+/m1/s1. The van der Waals surface area contributed by atoms with E-state index in [0.717, 1.165) is 0 Å². The van der Waals surface area contributed by atoms with Crippen LogP contribution in [0.4, 0.5) is 0 Å². The van der Waals surface area contributed by atoms with Crippen molar-refractivity contribution in [2.45, 2.75) is 28.7 Å². The molecule has 4 rings (SSSR count). The molecule has 104 valence electrons. The van der Waals surface area contributed by atoms with Crippen molar-refractivity contribution in [3.8, 4) is 0 Å². The number of ether oxygens (including phenoxy) is 4. The predicted molar refractivity (Wildman–Crippen MR) is 63.3 cm³/mol. The zero-order valence-electron chi connectivity index (χ0n) is 10.4. The molecule has 0 amide bonds. The van der Waals surface area contributed by atoms with Gasteiger partial charge in [0.1, 0.15) is 18.1 Å². The summed E-state index contributed by atoms with van der Waals surface area (Å²) < 4.78 is 20.7. The van der Waals surface area contributed by atoms with E-state index < -0.39 is 22.0 Å². The number of carbonyl (C=O) groups excluding carboxylic acids is 2. The second kappa shape index (κ2) is 3.32. The summed E-state index contributed by atoms with van der Waals surface area (Å²) in [4.78, 5) is 24.5. The maximum atomic E-state index is 12.3. The van der Waals surface area contributed by atoms with Crippen molar-refractivity contribution >= 4 is 27.9 Å². The molecule has 4 fully saturated rings. The number of rotatable bonds is 2. The molecule has 0 spiro atoms. The lowest BCUT2D eigenvalue weighted by molar-refractivity contribution is -0.241. The lowest BCUT2D eigenvalue weighted by Gasteiger charge is -2.38. The average Bonchev–Trinajstić information content (AvgIpc) is 3.00. The zero-order chi connectivity index (χ0) is 13.6. The molecule has 0 N–H and O–H groups in total. The highest BCUT2D eigenvalue weighted by Gasteiger charge is 2.86. The van der Waals surface area contributed by atoms with Crippen LogP contribution in [0.15, 0.2) is 0 Å². The summed E-state index contributed by atoms with van der Waals surface area (Å²) >= 11 is 3.50. The fourth-order valence-electron chi connectivity index (χ4n) is 4.59. The highest BCUT2D eigenvalue weighted by atomic mass is 79.9. The van der Waals surface area contributed by atoms with Crippen molar-refractivity contribution in [2.75, 3.05) is 14.2 Å². The first kappa shape index (κ1) is 12.1. The molecule has 0 aromatic heterocycles. The van der Waals surface area contributed by atoms with Crippen LogP contribution < -0.4 is 0 Å². The molecule has 19 heavy (non-hydrogen) atoms. The Kier molecular flexibility index (Phi) is 2.12. The molecular formula is C12H13BrO6. The van der Waals surface area contributed by atoms with Crippen molar-refractivity contribution in [2.24, 2.45) is 17.8 Å². The van der Waals surface area contributed by atoms with E-state index in [1.807, 2.05) is 0 Å². The molecule has 0 unspecified atom stereocenters. The summed E-state index contributed by atoms with van der Waals surface area (Å²) in [6.07, 6.45) is 0.134. The van der Waals surface area contributed by atoms with Crippen LogP contribution in [0.25, 0.3) is 0 Å². The van der Waals surface area contributed by atoms with Gasteiger partial charge in [0, 0.05) is 32.5 Å². The first-order valence-corrected chi connectivity index (χ1v) is 7.01. The Balaban J connectivity index is 1.96. The summed E-state index contributed by atoms with van der Waals surface area (Å²) in [7, 11) is 2.88. The number of alkyl halides is 1. The minimum absolute atomic E-state index is 0.0942. The van der Waals surface area contributed by atoms with Crippen LogP contribution in [0.5, 0.6) is 0 Å². The van der Waals surface area contributed by atoms with Crippen LogP contribution in [0.1, 0.15) is 6.42 Å². The Morgan fingerprint density at radius 3 is 2.53 bits per heavy atom. The van der Waals surface area contributed by atoms with E-state index in [4.69, 9.17) is 18.9 Å². The Morgan fingerprint density at radius 1 is 1.21 bits per heavy atom. The van der Waals surface area contributed by atoms with Crippen LogP contribution in [0.3, 0.4) is 0 Å². The van der Waals surface area contributed by atoms with E-state index in [1.165, 1.54) is 14.2 Å². The van der Waals surface area contributed by atoms with Crippen LogP contribution >= 0.6 is 15.9 Å².